The quantitative estimate of drug-likeness (QED) is 0.389. The topological polar surface area (TPSA) is 128 Å². The van der Waals surface area contributed by atoms with Gasteiger partial charge in [0, 0.05) is 19.0 Å². The molecule has 0 rings (SSSR count). The summed E-state index contributed by atoms with van der Waals surface area (Å²) in [5.41, 5.74) is 0. The fraction of sp³-hybridized carbons (Fsp3) is 0.727. The van der Waals surface area contributed by atoms with Crippen LogP contribution in [0.25, 0.3) is 0 Å². The van der Waals surface area contributed by atoms with Gasteiger partial charge in [0.25, 0.3) is 0 Å². The molecule has 0 aliphatic rings. The summed E-state index contributed by atoms with van der Waals surface area (Å²) in [5, 5.41) is 24.4. The predicted octanol–water partition coefficient (Wildman–Crippen LogP) is -0.964. The summed E-state index contributed by atoms with van der Waals surface area (Å²) in [6, 6.07) is -2.01. The highest BCUT2D eigenvalue weighted by Crippen LogP contribution is 1.89. The van der Waals surface area contributed by atoms with E-state index in [0.29, 0.717) is 0 Å². The molecule has 2 atom stereocenters. The van der Waals surface area contributed by atoms with Crippen molar-refractivity contribution in [2.75, 3.05) is 13.2 Å². The molecule has 3 amide bonds. The van der Waals surface area contributed by atoms with Gasteiger partial charge in [-0.3, -0.25) is 4.79 Å². The van der Waals surface area contributed by atoms with Crippen molar-refractivity contribution in [2.45, 2.75) is 38.8 Å². The maximum absolute atomic E-state index is 11.4. The normalized spacial score (nSPS) is 13.2. The Bertz CT molecular complexity index is 321. The Morgan fingerprint density at radius 2 is 1.84 bits per heavy atom. The molecule has 0 saturated carbocycles. The van der Waals surface area contributed by atoms with Crippen LogP contribution < -0.4 is 16.0 Å². The van der Waals surface area contributed by atoms with E-state index in [1.165, 1.54) is 0 Å². The lowest BCUT2D eigenvalue weighted by Gasteiger charge is -2.13. The molecule has 0 radical (unpaired) electrons. The van der Waals surface area contributed by atoms with Crippen molar-refractivity contribution in [3.8, 4) is 0 Å². The minimum absolute atomic E-state index is 0.0760. The van der Waals surface area contributed by atoms with E-state index in [2.05, 4.69) is 16.0 Å². The fourth-order valence-electron chi connectivity index (χ4n) is 1.13. The van der Waals surface area contributed by atoms with E-state index in [-0.39, 0.29) is 24.9 Å². The van der Waals surface area contributed by atoms with Gasteiger partial charge in [0.1, 0.15) is 0 Å². The van der Waals surface area contributed by atoms with Crippen LogP contribution in [0.3, 0.4) is 0 Å². The third-order valence-corrected chi connectivity index (χ3v) is 2.44. The summed E-state index contributed by atoms with van der Waals surface area (Å²) in [4.78, 5) is 33.1. The van der Waals surface area contributed by atoms with Crippen molar-refractivity contribution in [3.63, 3.8) is 0 Å². The molecular formula is C11H21N3O5. The molecular weight excluding hydrogens is 254 g/mol. The van der Waals surface area contributed by atoms with Crippen molar-refractivity contribution in [3.05, 3.63) is 0 Å². The monoisotopic (exact) mass is 275 g/mol. The minimum Gasteiger partial charge on any atom is -0.480 e. The van der Waals surface area contributed by atoms with Crippen LogP contribution in [0.15, 0.2) is 0 Å². The molecule has 5 N–H and O–H groups in total. The maximum Gasteiger partial charge on any atom is 0.328 e. The lowest BCUT2D eigenvalue weighted by molar-refractivity contribution is -0.140. The van der Waals surface area contributed by atoms with E-state index in [0.717, 1.165) is 6.42 Å². The number of nitrogens with one attached hydrogen (secondary N) is 3. The van der Waals surface area contributed by atoms with Crippen LogP contribution in [0.5, 0.6) is 0 Å². The highest BCUT2D eigenvalue weighted by molar-refractivity contribution is 5.83. The number of urea groups is 1. The molecule has 0 bridgehead atoms. The van der Waals surface area contributed by atoms with Crippen LogP contribution >= 0.6 is 0 Å². The molecule has 0 fully saturated rings. The van der Waals surface area contributed by atoms with Gasteiger partial charge in [-0.15, -0.1) is 0 Å². The Kier molecular flexibility index (Phi) is 8.27. The van der Waals surface area contributed by atoms with Crippen LogP contribution in [0.2, 0.25) is 0 Å². The number of aliphatic carboxylic acids is 1. The van der Waals surface area contributed by atoms with Gasteiger partial charge in [-0.2, -0.15) is 0 Å². The fourth-order valence-corrected chi connectivity index (χ4v) is 1.13. The number of carboxylic acids is 1. The van der Waals surface area contributed by atoms with Crippen molar-refractivity contribution in [1.29, 1.82) is 0 Å². The zero-order chi connectivity index (χ0) is 14.8. The molecule has 8 heteroatoms. The largest absolute Gasteiger partial charge is 0.480 e. The Balaban J connectivity index is 3.85. The van der Waals surface area contributed by atoms with Crippen LogP contribution in [0.1, 0.15) is 26.7 Å². The Morgan fingerprint density at radius 3 is 2.32 bits per heavy atom. The number of aliphatic hydroxyl groups is 1. The van der Waals surface area contributed by atoms with Gasteiger partial charge in [-0.05, 0) is 13.3 Å². The number of carboxylic acid groups (broad SMARTS) is 1. The van der Waals surface area contributed by atoms with E-state index < -0.39 is 24.6 Å². The molecule has 0 aliphatic heterocycles. The van der Waals surface area contributed by atoms with Crippen LogP contribution in [0.4, 0.5) is 4.79 Å². The second-order valence-electron chi connectivity index (χ2n) is 4.10. The smallest absolute Gasteiger partial charge is 0.328 e. The molecule has 19 heavy (non-hydrogen) atoms. The second kappa shape index (κ2) is 9.15. The first-order valence-corrected chi connectivity index (χ1v) is 6.08. The third kappa shape index (κ3) is 7.98. The van der Waals surface area contributed by atoms with Gasteiger partial charge in [0.05, 0.1) is 6.61 Å². The molecule has 0 aliphatic carbocycles. The maximum atomic E-state index is 11.4. The van der Waals surface area contributed by atoms with Crippen molar-refractivity contribution in [2.24, 2.45) is 0 Å². The average Bonchev–Trinajstić information content (AvgIpc) is 2.35. The van der Waals surface area contributed by atoms with Crippen molar-refractivity contribution >= 4 is 17.9 Å². The number of carbonyl (C=O) groups excluding carboxylic acids is 2. The second-order valence-corrected chi connectivity index (χ2v) is 4.10. The number of carbonyl (C=O) groups is 3. The Labute approximate surface area is 111 Å². The first-order valence-electron chi connectivity index (χ1n) is 6.08. The molecule has 0 spiro atoms. The van der Waals surface area contributed by atoms with Crippen molar-refractivity contribution < 1.29 is 24.6 Å². The Morgan fingerprint density at radius 1 is 1.21 bits per heavy atom. The highest BCUT2D eigenvalue weighted by atomic mass is 16.4. The van der Waals surface area contributed by atoms with Crippen molar-refractivity contribution in [1.82, 2.24) is 16.0 Å². The highest BCUT2D eigenvalue weighted by Gasteiger charge is 2.18. The van der Waals surface area contributed by atoms with E-state index >= 15 is 0 Å². The van der Waals surface area contributed by atoms with E-state index in [1.807, 2.05) is 13.8 Å². The van der Waals surface area contributed by atoms with Gasteiger partial charge in [0.15, 0.2) is 6.04 Å². The average molecular weight is 275 g/mol. The van der Waals surface area contributed by atoms with Gasteiger partial charge in [-0.25, -0.2) is 9.59 Å². The molecule has 0 aromatic rings. The zero-order valence-electron chi connectivity index (χ0n) is 11.1. The molecule has 1 unspecified atom stereocenters. The van der Waals surface area contributed by atoms with Gasteiger partial charge in [0.2, 0.25) is 5.91 Å². The number of rotatable bonds is 8. The molecule has 0 aromatic carbocycles. The number of aliphatic hydroxyl groups excluding tert-OH is 1. The standard InChI is InChI=1S/C11H21N3O5/c1-3-7(2)13-9(16)4-5-12-11(19)14-8(6-15)10(17)18/h7-8,15H,3-6H2,1-2H3,(H,13,16)(H,17,18)(H2,12,14,19)/t7?,8-/m0/s1. The van der Waals surface area contributed by atoms with Crippen LogP contribution in [0, 0.1) is 0 Å². The lowest BCUT2D eigenvalue weighted by Crippen LogP contribution is -2.48. The predicted molar refractivity (Wildman–Crippen MR) is 67.6 cm³/mol. The number of hydrogen-bond acceptors (Lipinski definition) is 4. The molecule has 0 saturated heterocycles. The molecule has 0 aromatic heterocycles. The summed E-state index contributed by atoms with van der Waals surface area (Å²) in [7, 11) is 0. The SMILES string of the molecule is CCC(C)NC(=O)CCNC(=O)N[C@@H](CO)C(=O)O. The van der Waals surface area contributed by atoms with Crippen LogP contribution in [-0.4, -0.2) is 53.4 Å². The Hall–Kier alpha value is -1.83. The van der Waals surface area contributed by atoms with Gasteiger partial charge < -0.3 is 26.2 Å². The number of hydrogen-bond donors (Lipinski definition) is 5. The molecule has 0 heterocycles. The van der Waals surface area contributed by atoms with E-state index in [1.54, 1.807) is 0 Å². The summed E-state index contributed by atoms with van der Waals surface area (Å²) in [6.07, 6.45) is 0.922. The number of amides is 3. The van der Waals surface area contributed by atoms with E-state index in [4.69, 9.17) is 10.2 Å². The summed E-state index contributed by atoms with van der Waals surface area (Å²) >= 11 is 0. The third-order valence-electron chi connectivity index (χ3n) is 2.44. The summed E-state index contributed by atoms with van der Waals surface area (Å²) < 4.78 is 0. The molecule has 110 valence electrons. The zero-order valence-corrected chi connectivity index (χ0v) is 11.1. The van der Waals surface area contributed by atoms with E-state index in [9.17, 15) is 14.4 Å². The summed E-state index contributed by atoms with van der Waals surface area (Å²) in [6.45, 7) is 3.21. The first kappa shape index (κ1) is 17.2. The first-order chi connectivity index (χ1) is 8.90. The van der Waals surface area contributed by atoms with Crippen LogP contribution in [-0.2, 0) is 9.59 Å². The van der Waals surface area contributed by atoms with Gasteiger partial charge in [-0.1, -0.05) is 6.92 Å². The molecule has 8 nitrogen and oxygen atoms in total. The minimum atomic E-state index is -1.35. The summed E-state index contributed by atoms with van der Waals surface area (Å²) in [5.74, 6) is -1.52. The lowest BCUT2D eigenvalue weighted by atomic mass is 10.2. The van der Waals surface area contributed by atoms with Gasteiger partial charge >= 0.3 is 12.0 Å².